The van der Waals surface area contributed by atoms with Gasteiger partial charge in [0.25, 0.3) is 0 Å². The summed E-state index contributed by atoms with van der Waals surface area (Å²) in [4.78, 5) is 25.4. The average Bonchev–Trinajstić information content (AvgIpc) is 3.04. The largest absolute Gasteiger partial charge is 0.481 e. The van der Waals surface area contributed by atoms with E-state index in [9.17, 15) is 9.59 Å². The highest BCUT2D eigenvalue weighted by atomic mass is 35.5. The number of urea groups is 1. The quantitative estimate of drug-likeness (QED) is 0.766. The Morgan fingerprint density at radius 2 is 1.64 bits per heavy atom. The molecule has 1 saturated carbocycles. The standard InChI is InChI=1S/C18H24ClN3O3/c19-13-3-7-16(8-4-13)22-10-9-15(11-22)21-18(25)20-14-5-1-12(2-6-14)17(23)24/h3-4,7-8,12,14-15H,1-2,5-6,9-11H2,(H,23,24)(H2,20,21,25). The van der Waals surface area contributed by atoms with Gasteiger partial charge < -0.3 is 20.6 Å². The zero-order chi connectivity index (χ0) is 17.8. The molecule has 1 unspecified atom stereocenters. The third kappa shape index (κ3) is 4.78. The van der Waals surface area contributed by atoms with Crippen LogP contribution in [-0.4, -0.2) is 42.3 Å². The molecule has 0 bridgehead atoms. The highest BCUT2D eigenvalue weighted by Crippen LogP contribution is 2.25. The number of halogens is 1. The van der Waals surface area contributed by atoms with Gasteiger partial charge in [-0.2, -0.15) is 0 Å². The Balaban J connectivity index is 1.42. The minimum absolute atomic E-state index is 0.0735. The lowest BCUT2D eigenvalue weighted by atomic mass is 9.86. The molecule has 6 nitrogen and oxygen atoms in total. The average molecular weight is 366 g/mol. The van der Waals surface area contributed by atoms with Crippen LogP contribution in [0.2, 0.25) is 5.02 Å². The fourth-order valence-electron chi connectivity index (χ4n) is 3.66. The Hall–Kier alpha value is -1.95. The zero-order valence-corrected chi connectivity index (χ0v) is 14.8. The van der Waals surface area contributed by atoms with Crippen LogP contribution in [0, 0.1) is 5.92 Å². The highest BCUT2D eigenvalue weighted by Gasteiger charge is 2.28. The second-order valence-electron chi connectivity index (χ2n) is 6.91. The molecule has 2 fully saturated rings. The number of nitrogens with one attached hydrogen (secondary N) is 2. The molecule has 1 aromatic rings. The first-order valence-electron chi connectivity index (χ1n) is 8.81. The summed E-state index contributed by atoms with van der Waals surface area (Å²) in [7, 11) is 0. The number of carbonyl (C=O) groups excluding carboxylic acids is 1. The van der Waals surface area contributed by atoms with Gasteiger partial charge in [0.2, 0.25) is 0 Å². The summed E-state index contributed by atoms with van der Waals surface area (Å²) in [6.45, 7) is 1.68. The first kappa shape index (κ1) is 17.9. The van der Waals surface area contributed by atoms with Gasteiger partial charge in [-0.25, -0.2) is 4.79 Å². The van der Waals surface area contributed by atoms with Gasteiger partial charge in [-0.05, 0) is 56.4 Å². The minimum Gasteiger partial charge on any atom is -0.481 e. The van der Waals surface area contributed by atoms with Crippen LogP contribution >= 0.6 is 11.6 Å². The molecule has 3 rings (SSSR count). The van der Waals surface area contributed by atoms with E-state index in [0.717, 1.165) is 43.1 Å². The molecule has 0 spiro atoms. The number of carbonyl (C=O) groups is 2. The summed E-state index contributed by atoms with van der Waals surface area (Å²) in [5, 5.41) is 15.8. The maximum atomic E-state index is 12.2. The number of carboxylic acid groups (broad SMARTS) is 1. The summed E-state index contributed by atoms with van der Waals surface area (Å²) in [6, 6.07) is 7.77. The summed E-state index contributed by atoms with van der Waals surface area (Å²) >= 11 is 5.92. The summed E-state index contributed by atoms with van der Waals surface area (Å²) in [5.41, 5.74) is 1.11. The van der Waals surface area contributed by atoms with Crippen molar-refractivity contribution < 1.29 is 14.7 Å². The highest BCUT2D eigenvalue weighted by molar-refractivity contribution is 6.30. The van der Waals surface area contributed by atoms with Crippen molar-refractivity contribution in [1.82, 2.24) is 10.6 Å². The van der Waals surface area contributed by atoms with Crippen LogP contribution in [0.25, 0.3) is 0 Å². The van der Waals surface area contributed by atoms with E-state index >= 15 is 0 Å². The van der Waals surface area contributed by atoms with E-state index in [1.54, 1.807) is 0 Å². The number of carboxylic acids is 1. The Kier molecular flexibility index (Phi) is 5.68. The van der Waals surface area contributed by atoms with Gasteiger partial charge in [0.1, 0.15) is 0 Å². The van der Waals surface area contributed by atoms with E-state index in [1.807, 2.05) is 24.3 Å². The van der Waals surface area contributed by atoms with E-state index in [2.05, 4.69) is 15.5 Å². The lowest BCUT2D eigenvalue weighted by Crippen LogP contribution is -2.48. The van der Waals surface area contributed by atoms with E-state index < -0.39 is 5.97 Å². The molecule has 1 saturated heterocycles. The number of hydrogen-bond acceptors (Lipinski definition) is 3. The van der Waals surface area contributed by atoms with E-state index in [4.69, 9.17) is 16.7 Å². The van der Waals surface area contributed by atoms with Crippen LogP contribution in [0.1, 0.15) is 32.1 Å². The van der Waals surface area contributed by atoms with Crippen molar-refractivity contribution in [2.45, 2.75) is 44.2 Å². The van der Waals surface area contributed by atoms with Crippen molar-refractivity contribution in [3.8, 4) is 0 Å². The Bertz CT molecular complexity index is 614. The molecule has 0 aromatic heterocycles. The van der Waals surface area contributed by atoms with Crippen LogP contribution < -0.4 is 15.5 Å². The molecule has 2 amide bonds. The Morgan fingerprint density at radius 3 is 2.28 bits per heavy atom. The van der Waals surface area contributed by atoms with Crippen molar-refractivity contribution in [3.63, 3.8) is 0 Å². The lowest BCUT2D eigenvalue weighted by Gasteiger charge is -2.27. The van der Waals surface area contributed by atoms with E-state index in [1.165, 1.54) is 0 Å². The van der Waals surface area contributed by atoms with Crippen LogP contribution in [0.3, 0.4) is 0 Å². The van der Waals surface area contributed by atoms with Gasteiger partial charge in [0.05, 0.1) is 5.92 Å². The molecule has 0 radical (unpaired) electrons. The molecule has 3 N–H and O–H groups in total. The predicted molar refractivity (Wildman–Crippen MR) is 97.1 cm³/mol. The van der Waals surface area contributed by atoms with E-state index in [-0.39, 0.29) is 24.0 Å². The zero-order valence-electron chi connectivity index (χ0n) is 14.1. The maximum Gasteiger partial charge on any atom is 0.315 e. The van der Waals surface area contributed by atoms with Gasteiger partial charge in [-0.1, -0.05) is 11.6 Å². The van der Waals surface area contributed by atoms with Crippen LogP contribution in [0.15, 0.2) is 24.3 Å². The molecular formula is C18H24ClN3O3. The molecule has 1 aromatic carbocycles. The van der Waals surface area contributed by atoms with Gasteiger partial charge in [-0.3, -0.25) is 4.79 Å². The molecule has 25 heavy (non-hydrogen) atoms. The van der Waals surface area contributed by atoms with Crippen LogP contribution in [-0.2, 0) is 4.79 Å². The maximum absolute atomic E-state index is 12.2. The fourth-order valence-corrected chi connectivity index (χ4v) is 3.79. The molecule has 136 valence electrons. The lowest BCUT2D eigenvalue weighted by molar-refractivity contribution is -0.142. The monoisotopic (exact) mass is 365 g/mol. The summed E-state index contributed by atoms with van der Waals surface area (Å²) < 4.78 is 0. The Labute approximate surface area is 152 Å². The number of nitrogens with zero attached hydrogens (tertiary/aromatic N) is 1. The normalized spacial score (nSPS) is 26.3. The van der Waals surface area contributed by atoms with Crippen molar-refractivity contribution >= 4 is 29.3 Å². The van der Waals surface area contributed by atoms with Crippen molar-refractivity contribution in [2.75, 3.05) is 18.0 Å². The van der Waals surface area contributed by atoms with Crippen molar-refractivity contribution in [1.29, 1.82) is 0 Å². The van der Waals surface area contributed by atoms with Gasteiger partial charge in [-0.15, -0.1) is 0 Å². The smallest absolute Gasteiger partial charge is 0.315 e. The topological polar surface area (TPSA) is 81.7 Å². The SMILES string of the molecule is O=C(NC1CCC(C(=O)O)CC1)NC1CCN(c2ccc(Cl)cc2)C1. The minimum atomic E-state index is -0.726. The number of aliphatic carboxylic acids is 1. The number of hydrogen-bond donors (Lipinski definition) is 3. The van der Waals surface area contributed by atoms with Crippen LogP contribution in [0.4, 0.5) is 10.5 Å². The van der Waals surface area contributed by atoms with Crippen LogP contribution in [0.5, 0.6) is 0 Å². The van der Waals surface area contributed by atoms with Crippen molar-refractivity contribution in [3.05, 3.63) is 29.3 Å². The molecule has 7 heteroatoms. The van der Waals surface area contributed by atoms with Gasteiger partial charge in [0, 0.05) is 35.9 Å². The number of rotatable bonds is 4. The number of amides is 2. The van der Waals surface area contributed by atoms with E-state index in [0.29, 0.717) is 12.8 Å². The predicted octanol–water partition coefficient (Wildman–Crippen LogP) is 2.86. The van der Waals surface area contributed by atoms with Gasteiger partial charge >= 0.3 is 12.0 Å². The first-order chi connectivity index (χ1) is 12.0. The number of benzene rings is 1. The summed E-state index contributed by atoms with van der Waals surface area (Å²) in [6.07, 6.45) is 3.63. The third-order valence-electron chi connectivity index (χ3n) is 5.13. The fraction of sp³-hybridized carbons (Fsp3) is 0.556. The molecule has 1 heterocycles. The van der Waals surface area contributed by atoms with Gasteiger partial charge in [0.15, 0.2) is 0 Å². The molecular weight excluding hydrogens is 342 g/mol. The molecule has 1 atom stereocenters. The second-order valence-corrected chi connectivity index (χ2v) is 7.35. The molecule has 1 aliphatic heterocycles. The molecule has 2 aliphatic rings. The third-order valence-corrected chi connectivity index (χ3v) is 5.38. The molecule has 1 aliphatic carbocycles. The second kappa shape index (κ2) is 7.95. The Morgan fingerprint density at radius 1 is 1.00 bits per heavy atom. The first-order valence-corrected chi connectivity index (χ1v) is 9.19. The van der Waals surface area contributed by atoms with Crippen molar-refractivity contribution in [2.24, 2.45) is 5.92 Å². The number of anilines is 1. The summed E-state index contributed by atoms with van der Waals surface area (Å²) in [5.74, 6) is -0.986.